The van der Waals surface area contributed by atoms with Crippen LogP contribution in [0.1, 0.15) is 24.6 Å². The molecule has 0 spiro atoms. The van der Waals surface area contributed by atoms with Gasteiger partial charge in [0.2, 0.25) is 6.79 Å². The number of nitrogens with one attached hydrogen (secondary N) is 1. The SMILES string of the molecule is Cc1noc(-c2ccc(Br)cc2)c1NCCC(C)(Cc1ccccc1)C1=COCO1. The van der Waals surface area contributed by atoms with Crippen LogP contribution in [-0.4, -0.2) is 18.5 Å². The van der Waals surface area contributed by atoms with Crippen molar-refractivity contribution in [3.8, 4) is 11.3 Å². The molecule has 1 unspecified atom stereocenters. The molecule has 1 aliphatic heterocycles. The summed E-state index contributed by atoms with van der Waals surface area (Å²) in [5, 5.41) is 7.72. The normalized spacial score (nSPS) is 15.1. The molecule has 1 aliphatic rings. The van der Waals surface area contributed by atoms with E-state index in [-0.39, 0.29) is 12.2 Å². The monoisotopic (exact) mass is 468 g/mol. The van der Waals surface area contributed by atoms with Crippen LogP contribution in [0.15, 0.2) is 75.6 Å². The maximum Gasteiger partial charge on any atom is 0.229 e. The molecule has 1 aromatic heterocycles. The van der Waals surface area contributed by atoms with Crippen LogP contribution >= 0.6 is 15.9 Å². The molecule has 2 heterocycles. The summed E-state index contributed by atoms with van der Waals surface area (Å²) >= 11 is 3.48. The number of hydrogen-bond acceptors (Lipinski definition) is 5. The van der Waals surface area contributed by atoms with Gasteiger partial charge in [-0.2, -0.15) is 0 Å². The molecular weight excluding hydrogens is 444 g/mol. The highest BCUT2D eigenvalue weighted by Crippen LogP contribution is 2.38. The molecule has 5 nitrogen and oxygen atoms in total. The van der Waals surface area contributed by atoms with Gasteiger partial charge in [0.05, 0.1) is 0 Å². The standard InChI is InChI=1S/C24H25BrN2O3/c1-17-22(23(30-27-17)19-8-10-20(25)11-9-19)26-13-12-24(2,21-15-28-16-29-21)14-18-6-4-3-5-7-18/h3-11,15,26H,12-14,16H2,1-2H3. The van der Waals surface area contributed by atoms with Crippen molar-refractivity contribution in [3.63, 3.8) is 0 Å². The molecule has 0 radical (unpaired) electrons. The second kappa shape index (κ2) is 8.96. The van der Waals surface area contributed by atoms with Gasteiger partial charge in [-0.3, -0.25) is 0 Å². The third-order valence-corrected chi connectivity index (χ3v) is 5.98. The third-order valence-electron chi connectivity index (χ3n) is 5.45. The highest BCUT2D eigenvalue weighted by atomic mass is 79.9. The summed E-state index contributed by atoms with van der Waals surface area (Å²) < 4.78 is 17.8. The lowest BCUT2D eigenvalue weighted by atomic mass is 9.79. The van der Waals surface area contributed by atoms with E-state index in [1.165, 1.54) is 5.56 Å². The van der Waals surface area contributed by atoms with E-state index in [0.717, 1.165) is 52.3 Å². The van der Waals surface area contributed by atoms with Gasteiger partial charge in [-0.05, 0) is 49.6 Å². The van der Waals surface area contributed by atoms with E-state index in [1.807, 2.05) is 37.3 Å². The van der Waals surface area contributed by atoms with E-state index in [4.69, 9.17) is 14.0 Å². The molecule has 1 atom stereocenters. The molecule has 3 aromatic rings. The van der Waals surface area contributed by atoms with Crippen molar-refractivity contribution >= 4 is 21.6 Å². The molecule has 30 heavy (non-hydrogen) atoms. The predicted octanol–water partition coefficient (Wildman–Crippen LogP) is 6.31. The fourth-order valence-corrected chi connectivity index (χ4v) is 4.01. The Kier molecular flexibility index (Phi) is 6.13. The maximum absolute atomic E-state index is 5.78. The smallest absolute Gasteiger partial charge is 0.229 e. The van der Waals surface area contributed by atoms with Gasteiger partial charge in [0.15, 0.2) is 5.76 Å². The van der Waals surface area contributed by atoms with Crippen molar-refractivity contribution in [1.29, 1.82) is 0 Å². The summed E-state index contributed by atoms with van der Waals surface area (Å²) in [5.41, 5.74) is 3.85. The summed E-state index contributed by atoms with van der Waals surface area (Å²) in [6.07, 6.45) is 3.48. The van der Waals surface area contributed by atoms with Gasteiger partial charge in [-0.1, -0.05) is 58.3 Å². The van der Waals surface area contributed by atoms with Gasteiger partial charge < -0.3 is 19.3 Å². The van der Waals surface area contributed by atoms with Crippen molar-refractivity contribution in [3.05, 3.63) is 82.3 Å². The van der Waals surface area contributed by atoms with Gasteiger partial charge in [0.1, 0.15) is 23.4 Å². The molecule has 2 aromatic carbocycles. The number of ether oxygens (including phenoxy) is 2. The first-order chi connectivity index (χ1) is 14.5. The molecule has 0 saturated carbocycles. The Hall–Kier alpha value is -2.73. The van der Waals surface area contributed by atoms with E-state index in [2.05, 4.69) is 57.6 Å². The van der Waals surface area contributed by atoms with Crippen molar-refractivity contribution in [2.75, 3.05) is 18.7 Å². The van der Waals surface area contributed by atoms with Crippen molar-refractivity contribution in [2.24, 2.45) is 5.41 Å². The molecule has 0 bridgehead atoms. The van der Waals surface area contributed by atoms with E-state index < -0.39 is 0 Å². The molecule has 0 fully saturated rings. The summed E-state index contributed by atoms with van der Waals surface area (Å²) in [6.45, 7) is 5.20. The zero-order valence-electron chi connectivity index (χ0n) is 17.2. The average molecular weight is 469 g/mol. The minimum atomic E-state index is -0.187. The number of rotatable bonds is 8. The van der Waals surface area contributed by atoms with Crippen LogP contribution in [0.3, 0.4) is 0 Å². The highest BCUT2D eigenvalue weighted by molar-refractivity contribution is 9.10. The fourth-order valence-electron chi connectivity index (χ4n) is 3.74. The second-order valence-electron chi connectivity index (χ2n) is 7.79. The third kappa shape index (κ3) is 4.54. The van der Waals surface area contributed by atoms with E-state index >= 15 is 0 Å². The lowest BCUT2D eigenvalue weighted by Crippen LogP contribution is -2.26. The van der Waals surface area contributed by atoms with E-state index in [0.29, 0.717) is 0 Å². The Morgan fingerprint density at radius 3 is 2.57 bits per heavy atom. The predicted molar refractivity (Wildman–Crippen MR) is 121 cm³/mol. The Morgan fingerprint density at radius 2 is 1.87 bits per heavy atom. The Labute approximate surface area is 185 Å². The molecule has 6 heteroatoms. The topological polar surface area (TPSA) is 56.5 Å². The summed E-state index contributed by atoms with van der Waals surface area (Å²) in [4.78, 5) is 0. The summed E-state index contributed by atoms with van der Waals surface area (Å²) in [5.74, 6) is 1.65. The first-order valence-electron chi connectivity index (χ1n) is 10.0. The molecule has 1 N–H and O–H groups in total. The summed E-state index contributed by atoms with van der Waals surface area (Å²) in [7, 11) is 0. The van der Waals surface area contributed by atoms with E-state index in [1.54, 1.807) is 6.26 Å². The Bertz CT molecular complexity index is 1010. The molecule has 0 amide bonds. The molecule has 0 saturated heterocycles. The number of aromatic nitrogens is 1. The van der Waals surface area contributed by atoms with Gasteiger partial charge in [0.25, 0.3) is 0 Å². The molecule has 0 aliphatic carbocycles. The minimum absolute atomic E-state index is 0.187. The quantitative estimate of drug-likeness (QED) is 0.419. The zero-order valence-corrected chi connectivity index (χ0v) is 18.7. The van der Waals surface area contributed by atoms with Crippen LogP contribution in [0, 0.1) is 12.3 Å². The van der Waals surface area contributed by atoms with Crippen molar-refractivity contribution < 1.29 is 14.0 Å². The lowest BCUT2D eigenvalue weighted by Gasteiger charge is -2.29. The number of nitrogens with zero attached hydrogens (tertiary/aromatic N) is 1. The Morgan fingerprint density at radius 1 is 1.10 bits per heavy atom. The molecule has 156 valence electrons. The summed E-state index contributed by atoms with van der Waals surface area (Å²) in [6, 6.07) is 18.5. The minimum Gasteiger partial charge on any atom is -0.462 e. The molecular formula is C24H25BrN2O3. The number of allylic oxidation sites excluding steroid dienone is 1. The van der Waals surface area contributed by atoms with Crippen molar-refractivity contribution in [2.45, 2.75) is 26.7 Å². The first-order valence-corrected chi connectivity index (χ1v) is 10.8. The van der Waals surface area contributed by atoms with Crippen LogP contribution < -0.4 is 5.32 Å². The fraction of sp³-hybridized carbons (Fsp3) is 0.292. The van der Waals surface area contributed by atoms with Crippen LogP contribution in [0.4, 0.5) is 5.69 Å². The van der Waals surface area contributed by atoms with Gasteiger partial charge in [-0.15, -0.1) is 0 Å². The molecule has 4 rings (SSSR count). The zero-order chi connectivity index (χ0) is 21.0. The highest BCUT2D eigenvalue weighted by Gasteiger charge is 2.33. The lowest BCUT2D eigenvalue weighted by molar-refractivity contribution is 0.0560. The number of hydrogen-bond donors (Lipinski definition) is 1. The van der Waals surface area contributed by atoms with Gasteiger partial charge in [-0.25, -0.2) is 0 Å². The van der Waals surface area contributed by atoms with Crippen LogP contribution in [-0.2, 0) is 15.9 Å². The van der Waals surface area contributed by atoms with Crippen LogP contribution in [0.5, 0.6) is 0 Å². The first kappa shape index (κ1) is 20.5. The van der Waals surface area contributed by atoms with Gasteiger partial charge >= 0.3 is 0 Å². The Balaban J connectivity index is 1.50. The van der Waals surface area contributed by atoms with Crippen LogP contribution in [0.2, 0.25) is 0 Å². The van der Waals surface area contributed by atoms with E-state index in [9.17, 15) is 0 Å². The van der Waals surface area contributed by atoms with Gasteiger partial charge in [0, 0.05) is 22.0 Å². The number of benzene rings is 2. The number of anilines is 1. The van der Waals surface area contributed by atoms with Crippen LogP contribution in [0.25, 0.3) is 11.3 Å². The maximum atomic E-state index is 5.78. The van der Waals surface area contributed by atoms with Crippen molar-refractivity contribution in [1.82, 2.24) is 5.16 Å². The second-order valence-corrected chi connectivity index (χ2v) is 8.71. The average Bonchev–Trinajstić information content (AvgIpc) is 3.41. The largest absolute Gasteiger partial charge is 0.462 e. The number of aryl methyl sites for hydroxylation is 1. The number of halogens is 1.